The van der Waals surface area contributed by atoms with Crippen LogP contribution in [0, 0.1) is 0 Å². The van der Waals surface area contributed by atoms with E-state index >= 15 is 0 Å². The summed E-state index contributed by atoms with van der Waals surface area (Å²) in [7, 11) is 0. The van der Waals surface area contributed by atoms with Crippen LogP contribution in [0.1, 0.15) is 60.4 Å². The summed E-state index contributed by atoms with van der Waals surface area (Å²) in [5, 5.41) is 0. The Morgan fingerprint density at radius 3 is 1.97 bits per heavy atom. The molecule has 0 unspecified atom stereocenters. The Balaban J connectivity index is 1.22. The topological polar surface area (TPSA) is 69.7 Å². The number of fused-ring (bicyclic) bond motifs is 2. The largest absolute Gasteiger partial charge is 0.467 e. The third-order valence-corrected chi connectivity index (χ3v) is 7.67. The van der Waals surface area contributed by atoms with Gasteiger partial charge in [-0.25, -0.2) is 4.79 Å². The molecule has 0 atom stereocenters. The molecule has 4 aliphatic rings. The molecule has 1 amide bonds. The van der Waals surface area contributed by atoms with Crippen molar-refractivity contribution in [1.82, 2.24) is 9.80 Å². The van der Waals surface area contributed by atoms with E-state index in [4.69, 9.17) is 23.7 Å². The molecule has 8 heteroatoms. The maximum absolute atomic E-state index is 12.8. The predicted octanol–water partition coefficient (Wildman–Crippen LogP) is 4.60. The van der Waals surface area contributed by atoms with Gasteiger partial charge in [0, 0.05) is 37.3 Å². The number of rotatable bonds is 4. The standard InChI is InChI=1S/C28H34N2O6/c31-28(36-24-4-2-1-3-5-24)30-12-10-29(11-13-30)27(20-6-8-25-22(14-20)16-32-18-34-25)21-7-9-26-23(15-21)17-33-19-35-26/h6-9,14-15,24,27H,1-5,10-13,16-19H2. The van der Waals surface area contributed by atoms with E-state index in [0.29, 0.717) is 39.9 Å². The zero-order chi connectivity index (χ0) is 24.3. The molecule has 2 aromatic carbocycles. The highest BCUT2D eigenvalue weighted by molar-refractivity contribution is 5.68. The van der Waals surface area contributed by atoms with Gasteiger partial charge in [-0.3, -0.25) is 4.90 Å². The highest BCUT2D eigenvalue weighted by Gasteiger charge is 2.31. The molecule has 0 spiro atoms. The minimum atomic E-state index is -0.163. The molecule has 1 aliphatic carbocycles. The van der Waals surface area contributed by atoms with Crippen LogP contribution in [0.25, 0.3) is 0 Å². The highest BCUT2D eigenvalue weighted by atomic mass is 16.7. The molecule has 0 N–H and O–H groups in total. The first-order valence-corrected chi connectivity index (χ1v) is 13.1. The third-order valence-electron chi connectivity index (χ3n) is 7.67. The first-order valence-electron chi connectivity index (χ1n) is 13.1. The summed E-state index contributed by atoms with van der Waals surface area (Å²) < 4.78 is 28.2. The van der Waals surface area contributed by atoms with Gasteiger partial charge in [0.1, 0.15) is 17.6 Å². The van der Waals surface area contributed by atoms with E-state index in [1.54, 1.807) is 0 Å². The average molecular weight is 495 g/mol. The van der Waals surface area contributed by atoms with Crippen molar-refractivity contribution in [3.05, 3.63) is 58.7 Å². The summed E-state index contributed by atoms with van der Waals surface area (Å²) >= 11 is 0. The number of hydrogen-bond donors (Lipinski definition) is 0. The Labute approximate surface area is 212 Å². The Hall–Kier alpha value is -2.81. The van der Waals surface area contributed by atoms with E-state index in [-0.39, 0.29) is 18.2 Å². The lowest BCUT2D eigenvalue weighted by atomic mass is 9.93. The lowest BCUT2D eigenvalue weighted by Gasteiger charge is -2.40. The molecule has 6 rings (SSSR count). The fourth-order valence-corrected chi connectivity index (χ4v) is 5.74. The number of hydrogen-bond acceptors (Lipinski definition) is 7. The third kappa shape index (κ3) is 5.03. The zero-order valence-corrected chi connectivity index (χ0v) is 20.7. The zero-order valence-electron chi connectivity index (χ0n) is 20.7. The summed E-state index contributed by atoms with van der Waals surface area (Å²) in [4.78, 5) is 17.1. The Morgan fingerprint density at radius 1 is 0.806 bits per heavy atom. The summed E-state index contributed by atoms with van der Waals surface area (Å²) in [5.74, 6) is 1.76. The second-order valence-corrected chi connectivity index (χ2v) is 10.0. The molecule has 1 saturated carbocycles. The molecule has 36 heavy (non-hydrogen) atoms. The number of amides is 1. The van der Waals surface area contributed by atoms with Crippen molar-refractivity contribution in [2.75, 3.05) is 39.8 Å². The quantitative estimate of drug-likeness (QED) is 0.616. The SMILES string of the molecule is O=C(OC1CCCCC1)N1CCN(C(c2ccc3c(c2)COCO3)c2ccc3c(c2)COCO3)CC1. The molecule has 3 heterocycles. The fraction of sp³-hybridized carbons (Fsp3) is 0.536. The van der Waals surface area contributed by atoms with Crippen molar-refractivity contribution in [3.63, 3.8) is 0 Å². The summed E-state index contributed by atoms with van der Waals surface area (Å²) in [6, 6.07) is 12.8. The van der Waals surface area contributed by atoms with E-state index < -0.39 is 0 Å². The maximum atomic E-state index is 12.8. The molecule has 8 nitrogen and oxygen atoms in total. The van der Waals surface area contributed by atoms with E-state index in [9.17, 15) is 4.79 Å². The average Bonchev–Trinajstić information content (AvgIpc) is 2.94. The Kier molecular flexibility index (Phi) is 6.98. The minimum absolute atomic E-state index is 0.0287. The summed E-state index contributed by atoms with van der Waals surface area (Å²) in [5.41, 5.74) is 4.48. The van der Waals surface area contributed by atoms with Crippen LogP contribution in [-0.4, -0.2) is 61.8 Å². The molecule has 2 fully saturated rings. The summed E-state index contributed by atoms with van der Waals surface area (Å²) in [6.07, 6.45) is 5.45. The molecule has 0 aromatic heterocycles. The van der Waals surface area contributed by atoms with Crippen molar-refractivity contribution >= 4 is 6.09 Å². The normalized spacial score (nSPS) is 20.8. The molecule has 1 saturated heterocycles. The van der Waals surface area contributed by atoms with Crippen molar-refractivity contribution in [2.24, 2.45) is 0 Å². The lowest BCUT2D eigenvalue weighted by molar-refractivity contribution is -0.0165. The van der Waals surface area contributed by atoms with Crippen molar-refractivity contribution < 1.29 is 28.5 Å². The van der Waals surface area contributed by atoms with Gasteiger partial charge in [-0.1, -0.05) is 18.6 Å². The van der Waals surface area contributed by atoms with Gasteiger partial charge in [0.15, 0.2) is 13.6 Å². The van der Waals surface area contributed by atoms with E-state index in [0.717, 1.165) is 61.4 Å². The van der Waals surface area contributed by atoms with Gasteiger partial charge < -0.3 is 28.6 Å². The maximum Gasteiger partial charge on any atom is 0.410 e. The van der Waals surface area contributed by atoms with Gasteiger partial charge >= 0.3 is 6.09 Å². The van der Waals surface area contributed by atoms with Gasteiger partial charge in [-0.2, -0.15) is 0 Å². The van der Waals surface area contributed by atoms with Crippen molar-refractivity contribution in [3.8, 4) is 11.5 Å². The van der Waals surface area contributed by atoms with Gasteiger partial charge in [-0.15, -0.1) is 0 Å². The minimum Gasteiger partial charge on any atom is -0.467 e. The molecule has 0 radical (unpaired) electrons. The van der Waals surface area contributed by atoms with Crippen molar-refractivity contribution in [1.29, 1.82) is 0 Å². The van der Waals surface area contributed by atoms with E-state index in [1.807, 2.05) is 17.0 Å². The van der Waals surface area contributed by atoms with Gasteiger partial charge in [0.25, 0.3) is 0 Å². The molecule has 0 bridgehead atoms. The van der Waals surface area contributed by atoms with Crippen LogP contribution in [-0.2, 0) is 27.4 Å². The molecule has 2 aromatic rings. The Morgan fingerprint density at radius 2 is 1.39 bits per heavy atom. The number of carbonyl (C=O) groups is 1. The van der Waals surface area contributed by atoms with Gasteiger partial charge in [0.05, 0.1) is 19.3 Å². The first-order chi connectivity index (χ1) is 17.7. The van der Waals surface area contributed by atoms with Crippen LogP contribution in [0.5, 0.6) is 11.5 Å². The smallest absolute Gasteiger partial charge is 0.410 e. The van der Waals surface area contributed by atoms with Crippen LogP contribution in [0.15, 0.2) is 36.4 Å². The number of carbonyl (C=O) groups excluding carboxylic acids is 1. The molecular formula is C28H34N2O6. The predicted molar refractivity (Wildman–Crippen MR) is 132 cm³/mol. The lowest BCUT2D eigenvalue weighted by Crippen LogP contribution is -2.50. The van der Waals surface area contributed by atoms with E-state index in [1.165, 1.54) is 17.5 Å². The van der Waals surface area contributed by atoms with Gasteiger partial charge in [-0.05, 0) is 61.1 Å². The monoisotopic (exact) mass is 494 g/mol. The second kappa shape index (κ2) is 10.7. The molecule has 3 aliphatic heterocycles. The first kappa shape index (κ1) is 23.6. The highest BCUT2D eigenvalue weighted by Crippen LogP contribution is 2.36. The Bertz CT molecular complexity index is 1020. The van der Waals surface area contributed by atoms with Crippen molar-refractivity contribution in [2.45, 2.75) is 57.5 Å². The van der Waals surface area contributed by atoms with Crippen LogP contribution >= 0.6 is 0 Å². The number of benzene rings is 2. The van der Waals surface area contributed by atoms with E-state index in [2.05, 4.69) is 29.2 Å². The number of ether oxygens (including phenoxy) is 5. The number of nitrogens with zero attached hydrogens (tertiary/aromatic N) is 2. The van der Waals surface area contributed by atoms with Crippen LogP contribution in [0.3, 0.4) is 0 Å². The van der Waals surface area contributed by atoms with Crippen LogP contribution in [0.2, 0.25) is 0 Å². The van der Waals surface area contributed by atoms with Gasteiger partial charge in [0.2, 0.25) is 0 Å². The molecule has 192 valence electrons. The fourth-order valence-electron chi connectivity index (χ4n) is 5.74. The number of piperazine rings is 1. The second-order valence-electron chi connectivity index (χ2n) is 10.0. The van der Waals surface area contributed by atoms with Crippen LogP contribution < -0.4 is 9.47 Å². The molecular weight excluding hydrogens is 460 g/mol. The summed E-state index contributed by atoms with van der Waals surface area (Å²) in [6.45, 7) is 4.49. The van der Waals surface area contributed by atoms with Crippen LogP contribution in [0.4, 0.5) is 4.79 Å².